The quantitative estimate of drug-likeness (QED) is 0.0619. The molecule has 1 fully saturated rings. The molecular formula is C42H76O9Si2. The van der Waals surface area contributed by atoms with Crippen molar-refractivity contribution < 1.29 is 42.9 Å². The maximum absolute atomic E-state index is 13.6. The number of carbonyl (C=O) groups is 2. The Balaban J connectivity index is 2.28. The Hall–Kier alpha value is -1.61. The molecule has 0 spiro atoms. The third-order valence-electron chi connectivity index (χ3n) is 12.1. The normalized spacial score (nSPS) is 31.5. The minimum absolute atomic E-state index is 0.0335. The molecule has 0 aliphatic carbocycles. The van der Waals surface area contributed by atoms with Gasteiger partial charge in [0.05, 0.1) is 30.3 Å². The molecule has 11 heteroatoms. The number of allylic oxidation sites excluding steroid dienone is 2. The zero-order valence-corrected chi connectivity index (χ0v) is 38.3. The van der Waals surface area contributed by atoms with Crippen molar-refractivity contribution in [2.45, 2.75) is 206 Å². The highest BCUT2D eigenvalue weighted by atomic mass is 28.4. The van der Waals surface area contributed by atoms with Crippen LogP contribution in [0.2, 0.25) is 36.3 Å². The first-order valence-electron chi connectivity index (χ1n) is 19.8. The van der Waals surface area contributed by atoms with Crippen molar-refractivity contribution in [3.05, 3.63) is 36.0 Å². The molecule has 9 nitrogen and oxygen atoms in total. The second-order valence-electron chi connectivity index (χ2n) is 19.4. The Morgan fingerprint density at radius 2 is 1.64 bits per heavy atom. The van der Waals surface area contributed by atoms with E-state index in [-0.39, 0.29) is 59.0 Å². The van der Waals surface area contributed by atoms with E-state index in [9.17, 15) is 19.8 Å². The topological polar surface area (TPSA) is 124 Å². The van der Waals surface area contributed by atoms with Crippen molar-refractivity contribution in [3.63, 3.8) is 0 Å². The van der Waals surface area contributed by atoms with Gasteiger partial charge < -0.3 is 33.3 Å². The van der Waals surface area contributed by atoms with E-state index in [0.717, 1.165) is 12.0 Å². The maximum Gasteiger partial charge on any atom is 0.308 e. The molecule has 53 heavy (non-hydrogen) atoms. The second kappa shape index (κ2) is 18.1. The predicted octanol–water partition coefficient (Wildman–Crippen LogP) is 9.20. The van der Waals surface area contributed by atoms with Crippen LogP contribution in [0.4, 0.5) is 0 Å². The minimum Gasteiger partial charge on any atom is -0.457 e. The van der Waals surface area contributed by atoms with E-state index in [4.69, 9.17) is 23.1 Å². The van der Waals surface area contributed by atoms with Gasteiger partial charge in [-0.25, -0.2) is 0 Å². The van der Waals surface area contributed by atoms with E-state index < -0.39 is 52.1 Å². The number of aliphatic hydroxyl groups is 2. The van der Waals surface area contributed by atoms with Crippen LogP contribution in [0.5, 0.6) is 0 Å². The Kier molecular flexibility index (Phi) is 16.2. The van der Waals surface area contributed by atoms with E-state index in [1.165, 1.54) is 6.92 Å². The molecule has 2 aliphatic rings. The van der Waals surface area contributed by atoms with Crippen LogP contribution in [0, 0.1) is 11.8 Å². The van der Waals surface area contributed by atoms with E-state index in [1.54, 1.807) is 26.0 Å². The number of epoxide rings is 1. The summed E-state index contributed by atoms with van der Waals surface area (Å²) in [7, 11) is -4.22. The lowest BCUT2D eigenvalue weighted by Gasteiger charge is -2.40. The van der Waals surface area contributed by atoms with Crippen molar-refractivity contribution in [2.75, 3.05) is 0 Å². The number of ether oxygens (including phenoxy) is 3. The highest BCUT2D eigenvalue weighted by molar-refractivity contribution is 6.74. The van der Waals surface area contributed by atoms with Gasteiger partial charge in [-0.3, -0.25) is 9.59 Å². The summed E-state index contributed by atoms with van der Waals surface area (Å²) >= 11 is 0. The zero-order chi connectivity index (χ0) is 41.0. The smallest absolute Gasteiger partial charge is 0.308 e. The predicted molar refractivity (Wildman–Crippen MR) is 219 cm³/mol. The van der Waals surface area contributed by atoms with Crippen LogP contribution in [-0.4, -0.2) is 86.6 Å². The van der Waals surface area contributed by atoms with Gasteiger partial charge >= 0.3 is 11.9 Å². The first kappa shape index (κ1) is 47.5. The van der Waals surface area contributed by atoms with Crippen molar-refractivity contribution in [1.82, 2.24) is 0 Å². The first-order valence-corrected chi connectivity index (χ1v) is 25.6. The first-order chi connectivity index (χ1) is 23.9. The monoisotopic (exact) mass is 781 g/mol. The van der Waals surface area contributed by atoms with Crippen LogP contribution in [-0.2, 0) is 32.7 Å². The van der Waals surface area contributed by atoms with Crippen LogP contribution in [0.1, 0.15) is 122 Å². The van der Waals surface area contributed by atoms with E-state index in [2.05, 4.69) is 81.6 Å². The molecule has 1 saturated heterocycles. The van der Waals surface area contributed by atoms with Gasteiger partial charge in [0.15, 0.2) is 16.6 Å². The molecule has 0 unspecified atom stereocenters. The van der Waals surface area contributed by atoms with E-state index in [1.807, 2.05) is 32.1 Å². The van der Waals surface area contributed by atoms with Crippen LogP contribution in [0.15, 0.2) is 36.0 Å². The summed E-state index contributed by atoms with van der Waals surface area (Å²) in [6.07, 6.45) is 9.05. The summed E-state index contributed by atoms with van der Waals surface area (Å²) in [4.78, 5) is 25.6. The van der Waals surface area contributed by atoms with Crippen molar-refractivity contribution in [3.8, 4) is 0 Å². The molecule has 0 aromatic heterocycles. The number of cyclic esters (lactones) is 1. The minimum atomic E-state index is -2.28. The van der Waals surface area contributed by atoms with Crippen molar-refractivity contribution in [2.24, 2.45) is 11.8 Å². The van der Waals surface area contributed by atoms with Gasteiger partial charge in [-0.1, -0.05) is 86.6 Å². The molecular weight excluding hydrogens is 705 g/mol. The number of hydrogen-bond donors (Lipinski definition) is 2. The number of esters is 2. The fraction of sp³-hybridized carbons (Fsp3) is 0.810. The zero-order valence-electron chi connectivity index (χ0n) is 36.3. The summed E-state index contributed by atoms with van der Waals surface area (Å²) in [5.41, 5.74) is -1.73. The van der Waals surface area contributed by atoms with Crippen LogP contribution in [0.25, 0.3) is 0 Å². The molecule has 0 bridgehead atoms. The van der Waals surface area contributed by atoms with Crippen LogP contribution < -0.4 is 0 Å². The van der Waals surface area contributed by atoms with E-state index in [0.29, 0.717) is 12.8 Å². The Bertz CT molecular complexity index is 1320. The lowest BCUT2D eigenvalue weighted by molar-refractivity contribution is -0.157. The number of rotatable bonds is 13. The van der Waals surface area contributed by atoms with Gasteiger partial charge in [-0.2, -0.15) is 0 Å². The van der Waals surface area contributed by atoms with Crippen molar-refractivity contribution in [1.29, 1.82) is 0 Å². The largest absolute Gasteiger partial charge is 0.457 e. The second-order valence-corrected chi connectivity index (χ2v) is 29.0. The lowest BCUT2D eigenvalue weighted by Crippen LogP contribution is -2.46. The maximum atomic E-state index is 13.6. The average molecular weight is 781 g/mol. The number of hydrogen-bond acceptors (Lipinski definition) is 9. The molecule has 0 amide bonds. The molecule has 0 aromatic rings. The van der Waals surface area contributed by atoms with Gasteiger partial charge in [0.1, 0.15) is 17.8 Å². The van der Waals surface area contributed by atoms with Gasteiger partial charge in [-0.15, -0.1) is 0 Å². The molecule has 2 N–H and O–H groups in total. The molecule has 306 valence electrons. The highest BCUT2D eigenvalue weighted by Gasteiger charge is 2.50. The summed E-state index contributed by atoms with van der Waals surface area (Å²) in [6, 6.07) is 0. The standard InChI is InChI=1S/C42H76O9Si2/c1-18-33(51-53(16,17)40(9,10)11)30(4)38-34(48-38)27-41(12,45)24-19-20-28(2)37-29(3)21-22-35(47-31(5)43)42(13,46)25-23-32(26-36(44)49-37)50-52(14,15)39(6,7)8/h19-22,24,29-30,32-35,37-38,45-46H,18,23,25-27H2,1-17H3/b22-21-,24-19+,28-20+/t29-,30+,32+,33-,34+,35-,37+,38+,41-,42+/m0/s1. The van der Waals surface area contributed by atoms with Gasteiger partial charge in [0.2, 0.25) is 0 Å². The molecule has 2 rings (SSSR count). The van der Waals surface area contributed by atoms with Crippen molar-refractivity contribution >= 4 is 28.6 Å². The van der Waals surface area contributed by atoms with Gasteiger partial charge in [-0.05, 0) is 87.9 Å². The highest BCUT2D eigenvalue weighted by Crippen LogP contribution is 2.43. The third kappa shape index (κ3) is 14.1. The summed E-state index contributed by atoms with van der Waals surface area (Å²) in [5.74, 6) is -0.984. The summed E-state index contributed by atoms with van der Waals surface area (Å²) < 4.78 is 31.3. The molecule has 0 saturated carbocycles. The fourth-order valence-electron chi connectivity index (χ4n) is 6.40. The van der Waals surface area contributed by atoms with Gasteiger partial charge in [0.25, 0.3) is 0 Å². The SMILES string of the molecule is CC[C@H](O[Si](C)(C)C(C)(C)C)[C@@H](C)[C@H]1O[C@@H]1C[C@@](C)(O)/C=C/C=C(\C)[C@H]1OC(=O)C[C@H](O[Si](C)(C)C(C)(C)C)CC[C@@](C)(O)[C@@H](OC(C)=O)/C=C\[C@@H]1C. The number of carbonyl (C=O) groups excluding carboxylic acids is 2. The van der Waals surface area contributed by atoms with Crippen LogP contribution in [0.3, 0.4) is 0 Å². The molecule has 2 heterocycles. The molecule has 10 atom stereocenters. The lowest BCUT2D eigenvalue weighted by atomic mass is 9.88. The average Bonchev–Trinajstić information content (AvgIpc) is 3.74. The fourth-order valence-corrected chi connectivity index (χ4v) is 9.28. The van der Waals surface area contributed by atoms with Gasteiger partial charge in [0, 0.05) is 31.3 Å². The summed E-state index contributed by atoms with van der Waals surface area (Å²) in [5, 5.41) is 23.0. The Morgan fingerprint density at radius 3 is 2.17 bits per heavy atom. The Labute approximate surface area is 324 Å². The summed E-state index contributed by atoms with van der Waals surface area (Å²) in [6.45, 7) is 35.0. The van der Waals surface area contributed by atoms with Crippen LogP contribution >= 0.6 is 0 Å². The molecule has 0 radical (unpaired) electrons. The Morgan fingerprint density at radius 1 is 1.06 bits per heavy atom. The third-order valence-corrected chi connectivity index (χ3v) is 21.2. The van der Waals surface area contributed by atoms with E-state index >= 15 is 0 Å². The molecule has 2 aliphatic heterocycles. The molecule has 0 aromatic carbocycles.